The molecule has 0 aromatic heterocycles. The smallest absolute Gasteiger partial charge is 0.269 e. The third kappa shape index (κ3) is 9.42. The van der Waals surface area contributed by atoms with Crippen molar-refractivity contribution in [2.45, 2.75) is 19.4 Å². The molecule has 11 heteroatoms. The van der Waals surface area contributed by atoms with Gasteiger partial charge in [-0.2, -0.15) is 0 Å². The topological polar surface area (TPSA) is 109 Å². The van der Waals surface area contributed by atoms with Crippen LogP contribution < -0.4 is 15.4 Å². The number of nitro groups is 1. The number of guanidine groups is 1. The molecule has 0 aliphatic heterocycles. The van der Waals surface area contributed by atoms with E-state index in [4.69, 9.17) is 4.74 Å². The summed E-state index contributed by atoms with van der Waals surface area (Å²) >= 11 is 0. The van der Waals surface area contributed by atoms with Crippen molar-refractivity contribution in [2.75, 3.05) is 26.2 Å². The van der Waals surface area contributed by atoms with Crippen molar-refractivity contribution in [1.29, 1.82) is 0 Å². The summed E-state index contributed by atoms with van der Waals surface area (Å²) in [6.07, 6.45) is -0.642. The molecule has 170 valence electrons. The van der Waals surface area contributed by atoms with E-state index in [2.05, 4.69) is 15.6 Å². The molecular weight excluding hydrogens is 525 g/mol. The van der Waals surface area contributed by atoms with Crippen LogP contribution in [0.25, 0.3) is 0 Å². The van der Waals surface area contributed by atoms with Crippen LogP contribution in [0.15, 0.2) is 47.5 Å². The molecule has 0 heterocycles. The van der Waals surface area contributed by atoms with Gasteiger partial charge in [0.1, 0.15) is 30.1 Å². The molecule has 8 nitrogen and oxygen atoms in total. The van der Waals surface area contributed by atoms with E-state index < -0.39 is 22.7 Å². The van der Waals surface area contributed by atoms with Gasteiger partial charge in [-0.15, -0.1) is 24.0 Å². The number of nitrogens with zero attached hydrogens (tertiary/aromatic N) is 2. The summed E-state index contributed by atoms with van der Waals surface area (Å²) in [5.74, 6) is -0.156. The van der Waals surface area contributed by atoms with E-state index in [1.165, 1.54) is 24.3 Å². The lowest BCUT2D eigenvalue weighted by atomic mass is 10.1. The lowest BCUT2D eigenvalue weighted by molar-refractivity contribution is -0.384. The molecule has 3 N–H and O–H groups in total. The number of ether oxygens (including phenoxy) is 1. The number of aliphatic hydroxyl groups is 1. The minimum atomic E-state index is -0.906. The van der Waals surface area contributed by atoms with Gasteiger partial charge >= 0.3 is 0 Å². The molecule has 31 heavy (non-hydrogen) atoms. The Morgan fingerprint density at radius 2 is 1.94 bits per heavy atom. The Kier molecular flexibility index (Phi) is 11.7. The summed E-state index contributed by atoms with van der Waals surface area (Å²) in [6, 6.07) is 8.84. The number of hydrogen-bond donors (Lipinski definition) is 3. The maximum atomic E-state index is 13.7. The molecule has 1 unspecified atom stereocenters. The molecule has 0 bridgehead atoms. The van der Waals surface area contributed by atoms with Crippen LogP contribution in [0.3, 0.4) is 0 Å². The lowest BCUT2D eigenvalue weighted by Gasteiger charge is -2.14. The van der Waals surface area contributed by atoms with Crippen molar-refractivity contribution in [2.24, 2.45) is 4.99 Å². The van der Waals surface area contributed by atoms with Crippen molar-refractivity contribution in [1.82, 2.24) is 10.6 Å². The van der Waals surface area contributed by atoms with Crippen molar-refractivity contribution in [3.63, 3.8) is 0 Å². The SMILES string of the molecule is CCNC(=NCC(O)COc1ccc([N+](=O)[O-])cc1)NCCc1cc(F)ccc1F.I. The normalized spacial score (nSPS) is 11.9. The van der Waals surface area contributed by atoms with E-state index in [9.17, 15) is 24.0 Å². The number of rotatable bonds is 10. The summed E-state index contributed by atoms with van der Waals surface area (Å²) in [4.78, 5) is 14.4. The second-order valence-corrected chi connectivity index (χ2v) is 6.35. The molecule has 0 radical (unpaired) electrons. The van der Waals surface area contributed by atoms with Gasteiger partial charge in [0, 0.05) is 25.2 Å². The Bertz CT molecular complexity index is 869. The van der Waals surface area contributed by atoms with Crippen LogP contribution in [0.2, 0.25) is 0 Å². The number of hydrogen-bond acceptors (Lipinski definition) is 5. The molecule has 0 amide bonds. The Balaban J connectivity index is 0.00000480. The van der Waals surface area contributed by atoms with Gasteiger partial charge in [0.15, 0.2) is 5.96 Å². The van der Waals surface area contributed by atoms with Crippen LogP contribution in [0.4, 0.5) is 14.5 Å². The summed E-state index contributed by atoms with van der Waals surface area (Å²) < 4.78 is 32.3. The zero-order chi connectivity index (χ0) is 21.9. The maximum Gasteiger partial charge on any atom is 0.269 e. The average molecular weight is 550 g/mol. The maximum absolute atomic E-state index is 13.7. The van der Waals surface area contributed by atoms with Gasteiger partial charge in [-0.05, 0) is 49.2 Å². The Labute approximate surface area is 195 Å². The molecule has 0 spiro atoms. The molecule has 2 aromatic rings. The number of nitrogens with one attached hydrogen (secondary N) is 2. The van der Waals surface area contributed by atoms with Crippen LogP contribution in [0.1, 0.15) is 12.5 Å². The lowest BCUT2D eigenvalue weighted by Crippen LogP contribution is -2.39. The van der Waals surface area contributed by atoms with Crippen molar-refractivity contribution in [3.8, 4) is 5.75 Å². The van der Waals surface area contributed by atoms with Crippen molar-refractivity contribution < 1.29 is 23.5 Å². The van der Waals surface area contributed by atoms with Crippen LogP contribution in [0, 0.1) is 21.7 Å². The fraction of sp³-hybridized carbons (Fsp3) is 0.350. The summed E-state index contributed by atoms with van der Waals surface area (Å²) in [6.45, 7) is 2.76. The monoisotopic (exact) mass is 550 g/mol. The molecular formula is C20H25F2IN4O4. The Morgan fingerprint density at radius 1 is 1.23 bits per heavy atom. The number of aliphatic hydroxyl groups excluding tert-OH is 1. The van der Waals surface area contributed by atoms with Crippen molar-refractivity contribution in [3.05, 3.63) is 69.8 Å². The Morgan fingerprint density at radius 3 is 2.58 bits per heavy atom. The highest BCUT2D eigenvalue weighted by Crippen LogP contribution is 2.17. The first kappa shape index (κ1) is 26.5. The highest BCUT2D eigenvalue weighted by atomic mass is 127. The van der Waals surface area contributed by atoms with E-state index in [-0.39, 0.29) is 54.8 Å². The molecule has 0 fully saturated rings. The van der Waals surface area contributed by atoms with E-state index in [0.717, 1.165) is 18.2 Å². The molecule has 0 aliphatic carbocycles. The molecule has 1 atom stereocenters. The van der Waals surface area contributed by atoms with E-state index >= 15 is 0 Å². The summed E-state index contributed by atoms with van der Waals surface area (Å²) in [5, 5.41) is 26.7. The number of non-ortho nitro benzene ring substituents is 1. The first-order chi connectivity index (χ1) is 14.4. The van der Waals surface area contributed by atoms with Gasteiger partial charge in [-0.3, -0.25) is 15.1 Å². The Hall–Kier alpha value is -2.54. The predicted molar refractivity (Wildman–Crippen MR) is 124 cm³/mol. The fourth-order valence-corrected chi connectivity index (χ4v) is 2.50. The second kappa shape index (κ2) is 13.7. The number of halogens is 3. The van der Waals surface area contributed by atoms with Gasteiger partial charge < -0.3 is 20.5 Å². The van der Waals surface area contributed by atoms with Gasteiger partial charge in [0.25, 0.3) is 5.69 Å². The van der Waals surface area contributed by atoms with E-state index in [1.54, 1.807) is 0 Å². The first-order valence-corrected chi connectivity index (χ1v) is 9.40. The van der Waals surface area contributed by atoms with Crippen LogP contribution in [-0.2, 0) is 6.42 Å². The molecule has 0 aliphatic rings. The molecule has 2 aromatic carbocycles. The zero-order valence-electron chi connectivity index (χ0n) is 16.9. The highest BCUT2D eigenvalue weighted by molar-refractivity contribution is 14.0. The van der Waals surface area contributed by atoms with Gasteiger partial charge in [-0.25, -0.2) is 8.78 Å². The third-order valence-corrected chi connectivity index (χ3v) is 3.99. The third-order valence-electron chi connectivity index (χ3n) is 3.99. The minimum Gasteiger partial charge on any atom is -0.491 e. The first-order valence-electron chi connectivity index (χ1n) is 9.40. The summed E-state index contributed by atoms with van der Waals surface area (Å²) in [7, 11) is 0. The molecule has 2 rings (SSSR count). The zero-order valence-corrected chi connectivity index (χ0v) is 19.2. The average Bonchev–Trinajstić information content (AvgIpc) is 2.73. The van der Waals surface area contributed by atoms with Crippen LogP contribution in [0.5, 0.6) is 5.75 Å². The van der Waals surface area contributed by atoms with Crippen LogP contribution >= 0.6 is 24.0 Å². The van der Waals surface area contributed by atoms with Gasteiger partial charge in [0.2, 0.25) is 0 Å². The standard InChI is InChI=1S/C20H24F2N4O4.HI/c1-2-23-20(24-10-9-14-11-15(21)3-8-19(14)22)25-12-17(27)13-30-18-6-4-16(5-7-18)26(28)29;/h3-8,11,17,27H,2,9-10,12-13H2,1H3,(H2,23,24,25);1H. The molecule has 0 saturated heterocycles. The number of aliphatic imine (C=N–C) groups is 1. The van der Waals surface area contributed by atoms with Gasteiger partial charge in [-0.1, -0.05) is 0 Å². The largest absolute Gasteiger partial charge is 0.491 e. The van der Waals surface area contributed by atoms with E-state index in [1.807, 2.05) is 6.92 Å². The minimum absolute atomic E-state index is 0. The fourth-order valence-electron chi connectivity index (χ4n) is 2.50. The van der Waals surface area contributed by atoms with Crippen molar-refractivity contribution >= 4 is 35.6 Å². The number of benzene rings is 2. The quantitative estimate of drug-likeness (QED) is 0.138. The van der Waals surface area contributed by atoms with Gasteiger partial charge in [0.05, 0.1) is 11.5 Å². The molecule has 0 saturated carbocycles. The summed E-state index contributed by atoms with van der Waals surface area (Å²) in [5.41, 5.74) is 0.210. The predicted octanol–water partition coefficient (Wildman–Crippen LogP) is 3.03. The second-order valence-electron chi connectivity index (χ2n) is 6.35. The number of nitro benzene ring substituents is 1. The highest BCUT2D eigenvalue weighted by Gasteiger charge is 2.09. The van der Waals surface area contributed by atoms with E-state index in [0.29, 0.717) is 24.8 Å². The van der Waals surface area contributed by atoms with Crippen LogP contribution in [-0.4, -0.2) is 48.3 Å².